The molecule has 0 spiro atoms. The van der Waals surface area contributed by atoms with E-state index in [1.165, 1.54) is 24.1 Å². The van der Waals surface area contributed by atoms with Gasteiger partial charge in [-0.3, -0.25) is 0 Å². The number of urea groups is 1. The Labute approximate surface area is 216 Å². The van der Waals surface area contributed by atoms with Gasteiger partial charge in [0.15, 0.2) is 5.82 Å². The van der Waals surface area contributed by atoms with Crippen molar-refractivity contribution in [3.8, 4) is 11.4 Å². The first-order chi connectivity index (χ1) is 18.0. The molecule has 1 aromatic heterocycles. The summed E-state index contributed by atoms with van der Waals surface area (Å²) in [5, 5.41) is 17.7. The molecule has 0 radical (unpaired) electrons. The Balaban J connectivity index is 1.16. The van der Waals surface area contributed by atoms with Gasteiger partial charge in [0, 0.05) is 38.0 Å². The molecule has 2 aromatic carbocycles. The van der Waals surface area contributed by atoms with E-state index >= 15 is 0 Å². The van der Waals surface area contributed by atoms with Gasteiger partial charge in [0.25, 0.3) is 0 Å². The van der Waals surface area contributed by atoms with Gasteiger partial charge in [-0.2, -0.15) is 0 Å². The maximum Gasteiger partial charge on any atom is 0.319 e. The molecule has 2 amide bonds. The van der Waals surface area contributed by atoms with Crippen LogP contribution < -0.4 is 10.6 Å². The number of amides is 2. The van der Waals surface area contributed by atoms with Crippen LogP contribution in [0.15, 0.2) is 48.5 Å². The van der Waals surface area contributed by atoms with Gasteiger partial charge in [-0.1, -0.05) is 24.3 Å². The normalized spacial score (nSPS) is 22.5. The highest BCUT2D eigenvalue weighted by molar-refractivity contribution is 5.90. The van der Waals surface area contributed by atoms with E-state index in [-0.39, 0.29) is 24.0 Å². The number of hydrogen-bond donors (Lipinski definition) is 2. The Bertz CT molecular complexity index is 1190. The van der Waals surface area contributed by atoms with Gasteiger partial charge in [0.1, 0.15) is 5.82 Å². The molecule has 9 nitrogen and oxygen atoms in total. The number of nitrogens with zero attached hydrogens (tertiary/aromatic N) is 5. The van der Waals surface area contributed by atoms with Gasteiger partial charge >= 0.3 is 6.03 Å². The van der Waals surface area contributed by atoms with Crippen LogP contribution in [0.5, 0.6) is 0 Å². The van der Waals surface area contributed by atoms with E-state index in [9.17, 15) is 9.18 Å². The van der Waals surface area contributed by atoms with Gasteiger partial charge in [-0.25, -0.2) is 13.9 Å². The van der Waals surface area contributed by atoms with Crippen LogP contribution >= 0.6 is 0 Å². The van der Waals surface area contributed by atoms with Crippen molar-refractivity contribution in [1.82, 2.24) is 30.4 Å². The Morgan fingerprint density at radius 1 is 1.16 bits per heavy atom. The summed E-state index contributed by atoms with van der Waals surface area (Å²) in [6, 6.07) is 14.0. The number of carbonyl (C=O) groups excluding carboxylic acids is 1. The van der Waals surface area contributed by atoms with Crippen molar-refractivity contribution in [3.63, 3.8) is 0 Å². The van der Waals surface area contributed by atoms with E-state index < -0.39 is 0 Å². The second-order valence-electron chi connectivity index (χ2n) is 10.1. The van der Waals surface area contributed by atoms with Gasteiger partial charge < -0.3 is 20.3 Å². The van der Waals surface area contributed by atoms with E-state index in [0.717, 1.165) is 50.9 Å². The van der Waals surface area contributed by atoms with Crippen molar-refractivity contribution in [2.45, 2.75) is 44.2 Å². The SMILES string of the molecule is Cn1nnnc1-c1cccc(NC(=O)N[C@@H]2CCCO[C@H]2CN2CCC[C@@H](Cc3ccc(F)cc3)C2)c1. The number of rotatable bonds is 7. The highest BCUT2D eigenvalue weighted by Crippen LogP contribution is 2.24. The molecule has 37 heavy (non-hydrogen) atoms. The molecule has 2 N–H and O–H groups in total. The average molecular weight is 508 g/mol. The fourth-order valence-corrected chi connectivity index (χ4v) is 5.42. The second-order valence-corrected chi connectivity index (χ2v) is 10.1. The summed E-state index contributed by atoms with van der Waals surface area (Å²) in [6.45, 7) is 3.52. The lowest BCUT2D eigenvalue weighted by molar-refractivity contribution is -0.0306. The maximum atomic E-state index is 13.3. The predicted octanol–water partition coefficient (Wildman–Crippen LogP) is 3.64. The molecule has 196 valence electrons. The molecule has 3 atom stereocenters. The van der Waals surface area contributed by atoms with Gasteiger partial charge in [0.05, 0.1) is 12.1 Å². The number of hydrogen-bond acceptors (Lipinski definition) is 6. The van der Waals surface area contributed by atoms with E-state index in [4.69, 9.17) is 4.74 Å². The van der Waals surface area contributed by atoms with Gasteiger partial charge in [-0.05, 0) is 84.8 Å². The minimum Gasteiger partial charge on any atom is -0.375 e. The third kappa shape index (κ3) is 6.69. The number of benzene rings is 2. The molecule has 2 aliphatic heterocycles. The van der Waals surface area contributed by atoms with E-state index in [2.05, 4.69) is 31.1 Å². The number of tetrazole rings is 1. The van der Waals surface area contributed by atoms with Crippen LogP contribution in [0.2, 0.25) is 0 Å². The number of piperidine rings is 1. The zero-order valence-corrected chi connectivity index (χ0v) is 21.1. The lowest BCUT2D eigenvalue weighted by Crippen LogP contribution is -2.53. The number of likely N-dealkylation sites (tertiary alicyclic amines) is 1. The number of aryl methyl sites for hydroxylation is 1. The van der Waals surface area contributed by atoms with Crippen LogP contribution in [0.25, 0.3) is 11.4 Å². The molecule has 0 bridgehead atoms. The van der Waals surface area contributed by atoms with Crippen molar-refractivity contribution < 1.29 is 13.9 Å². The lowest BCUT2D eigenvalue weighted by Gasteiger charge is -2.39. The molecule has 0 unspecified atom stereocenters. The van der Waals surface area contributed by atoms with Crippen LogP contribution in [-0.2, 0) is 18.2 Å². The van der Waals surface area contributed by atoms with E-state index in [1.807, 2.05) is 36.4 Å². The third-order valence-electron chi connectivity index (χ3n) is 7.23. The number of carbonyl (C=O) groups is 1. The van der Waals surface area contributed by atoms with Crippen LogP contribution in [0.4, 0.5) is 14.9 Å². The summed E-state index contributed by atoms with van der Waals surface area (Å²) < 4.78 is 21.0. The van der Waals surface area contributed by atoms with E-state index in [1.54, 1.807) is 11.7 Å². The highest BCUT2D eigenvalue weighted by atomic mass is 19.1. The van der Waals surface area contributed by atoms with Gasteiger partial charge in [0.2, 0.25) is 0 Å². The quantitative estimate of drug-likeness (QED) is 0.507. The van der Waals surface area contributed by atoms with Crippen LogP contribution in [-0.4, -0.2) is 69.5 Å². The van der Waals surface area contributed by atoms with Crippen LogP contribution in [0, 0.1) is 11.7 Å². The molecule has 0 saturated carbocycles. The molecule has 3 heterocycles. The monoisotopic (exact) mass is 507 g/mol. The fraction of sp³-hybridized carbons (Fsp3) is 0.481. The van der Waals surface area contributed by atoms with Crippen LogP contribution in [0.3, 0.4) is 0 Å². The topological polar surface area (TPSA) is 97.2 Å². The molecule has 3 aromatic rings. The molecule has 10 heteroatoms. The Hall–Kier alpha value is -3.37. The summed E-state index contributed by atoms with van der Waals surface area (Å²) in [5.41, 5.74) is 2.67. The Kier molecular flexibility index (Phi) is 8.05. The van der Waals surface area contributed by atoms with E-state index in [0.29, 0.717) is 24.0 Å². The number of nitrogens with one attached hydrogen (secondary N) is 2. The summed E-state index contributed by atoms with van der Waals surface area (Å²) in [7, 11) is 1.78. The number of aromatic nitrogens is 4. The van der Waals surface area contributed by atoms with Gasteiger partial charge in [-0.15, -0.1) is 5.10 Å². The first-order valence-electron chi connectivity index (χ1n) is 13.0. The number of halogens is 1. The smallest absolute Gasteiger partial charge is 0.319 e. The molecule has 2 aliphatic rings. The summed E-state index contributed by atoms with van der Waals surface area (Å²) >= 11 is 0. The summed E-state index contributed by atoms with van der Waals surface area (Å²) in [6.07, 6.45) is 5.01. The standard InChI is InChI=1S/C27H34FN7O2/c1-34-26(31-32-33-34)21-6-2-7-23(16-21)29-27(36)30-24-8-4-14-37-25(24)18-35-13-3-5-20(17-35)15-19-9-11-22(28)12-10-19/h2,6-7,9-12,16,20,24-25H,3-5,8,13-15,17-18H2,1H3,(H2,29,30,36)/t20-,24+,25-/m0/s1. The van der Waals surface area contributed by atoms with Crippen molar-refractivity contribution in [3.05, 3.63) is 59.9 Å². The minimum absolute atomic E-state index is 0.0554. The highest BCUT2D eigenvalue weighted by Gasteiger charge is 2.31. The second kappa shape index (κ2) is 11.8. The molecular formula is C27H34FN7O2. The zero-order chi connectivity index (χ0) is 25.6. The minimum atomic E-state index is -0.249. The fourth-order valence-electron chi connectivity index (χ4n) is 5.42. The first kappa shape index (κ1) is 25.3. The first-order valence-corrected chi connectivity index (χ1v) is 13.0. The van der Waals surface area contributed by atoms with Crippen molar-refractivity contribution >= 4 is 11.7 Å². The Morgan fingerprint density at radius 2 is 2.03 bits per heavy atom. The molecule has 5 rings (SSSR count). The van der Waals surface area contributed by atoms with Crippen LogP contribution in [0.1, 0.15) is 31.2 Å². The maximum absolute atomic E-state index is 13.3. The molecule has 2 saturated heterocycles. The molecule has 2 fully saturated rings. The number of anilines is 1. The third-order valence-corrected chi connectivity index (χ3v) is 7.23. The average Bonchev–Trinajstić information content (AvgIpc) is 3.33. The van der Waals surface area contributed by atoms with Crippen molar-refractivity contribution in [1.29, 1.82) is 0 Å². The largest absolute Gasteiger partial charge is 0.375 e. The number of ether oxygens (including phenoxy) is 1. The van der Waals surface area contributed by atoms with Crippen molar-refractivity contribution in [2.24, 2.45) is 13.0 Å². The predicted molar refractivity (Wildman–Crippen MR) is 138 cm³/mol. The molecule has 0 aliphatic carbocycles. The molecular weight excluding hydrogens is 473 g/mol. The zero-order valence-electron chi connectivity index (χ0n) is 21.1. The van der Waals surface area contributed by atoms with Crippen molar-refractivity contribution in [2.75, 3.05) is 31.6 Å². The summed E-state index contributed by atoms with van der Waals surface area (Å²) in [5.74, 6) is 0.972. The Morgan fingerprint density at radius 3 is 2.84 bits per heavy atom. The lowest BCUT2D eigenvalue weighted by atomic mass is 9.90. The summed E-state index contributed by atoms with van der Waals surface area (Å²) in [4.78, 5) is 15.4.